The van der Waals surface area contributed by atoms with Gasteiger partial charge in [-0.25, -0.2) is 9.59 Å². The van der Waals surface area contributed by atoms with Crippen molar-refractivity contribution in [2.75, 3.05) is 0 Å². The van der Waals surface area contributed by atoms with Crippen molar-refractivity contribution in [1.29, 1.82) is 0 Å². The number of nitrogens with zero attached hydrogens (tertiary/aromatic N) is 1. The highest BCUT2D eigenvalue weighted by Gasteiger charge is 2.48. The Balaban J connectivity index is 2.99. The summed E-state index contributed by atoms with van der Waals surface area (Å²) in [6.07, 6.45) is 0.0766. The summed E-state index contributed by atoms with van der Waals surface area (Å²) in [7, 11) is 0. The topological polar surface area (TPSA) is 87.1 Å². The van der Waals surface area contributed by atoms with Gasteiger partial charge >= 0.3 is 12.1 Å². The van der Waals surface area contributed by atoms with E-state index >= 15 is 0 Å². The summed E-state index contributed by atoms with van der Waals surface area (Å²) in [5.41, 5.74) is -1.87. The molecule has 0 unspecified atom stereocenters. The van der Waals surface area contributed by atoms with Crippen LogP contribution in [0.4, 0.5) is 4.79 Å². The van der Waals surface area contributed by atoms with E-state index in [2.05, 4.69) is 0 Å². The number of hydrogen-bond donors (Lipinski definition) is 2. The Morgan fingerprint density at radius 1 is 1.16 bits per heavy atom. The maximum absolute atomic E-state index is 12.2. The average Bonchev–Trinajstić information content (AvgIpc) is 2.57. The first-order valence-corrected chi connectivity index (χ1v) is 6.40. The number of aliphatic carboxylic acids is 1. The normalized spacial score (nSPS) is 24.4. The minimum atomic E-state index is -1.17. The molecule has 1 rings (SSSR count). The molecule has 2 atom stereocenters. The fourth-order valence-electron chi connectivity index (χ4n) is 2.32. The van der Waals surface area contributed by atoms with E-state index in [-0.39, 0.29) is 0 Å². The second-order valence-electron chi connectivity index (χ2n) is 6.49. The number of aliphatic hydroxyl groups is 1. The van der Waals surface area contributed by atoms with Gasteiger partial charge in [-0.2, -0.15) is 0 Å². The first-order chi connectivity index (χ1) is 8.43. The van der Waals surface area contributed by atoms with Gasteiger partial charge in [0.25, 0.3) is 0 Å². The second kappa shape index (κ2) is 5.00. The van der Waals surface area contributed by atoms with Gasteiger partial charge in [-0.05, 0) is 47.5 Å². The SMILES string of the molecule is CC(C)(C)OC(=O)N1[C@H](C(=O)O)CC[C@@H]1C(C)(C)O. The van der Waals surface area contributed by atoms with E-state index in [1.165, 1.54) is 0 Å². The fraction of sp³-hybridized carbons (Fsp3) is 0.846. The highest BCUT2D eigenvalue weighted by molar-refractivity contribution is 5.81. The van der Waals surface area contributed by atoms with Crippen LogP contribution in [-0.4, -0.2) is 50.5 Å². The molecule has 0 aromatic carbocycles. The van der Waals surface area contributed by atoms with Crippen molar-refractivity contribution in [2.24, 2.45) is 0 Å². The molecule has 0 bridgehead atoms. The van der Waals surface area contributed by atoms with E-state index < -0.39 is 35.3 Å². The fourth-order valence-corrected chi connectivity index (χ4v) is 2.32. The number of amides is 1. The number of carboxylic acids is 1. The maximum Gasteiger partial charge on any atom is 0.411 e. The van der Waals surface area contributed by atoms with Crippen molar-refractivity contribution in [1.82, 2.24) is 4.90 Å². The molecule has 0 radical (unpaired) electrons. The quantitative estimate of drug-likeness (QED) is 0.798. The Hall–Kier alpha value is -1.30. The number of hydrogen-bond acceptors (Lipinski definition) is 4. The van der Waals surface area contributed by atoms with E-state index in [1.54, 1.807) is 34.6 Å². The predicted molar refractivity (Wildman–Crippen MR) is 68.8 cm³/mol. The van der Waals surface area contributed by atoms with Crippen LogP contribution in [0.15, 0.2) is 0 Å². The van der Waals surface area contributed by atoms with Gasteiger partial charge in [-0.1, -0.05) is 0 Å². The Bertz CT molecular complexity index is 366. The Labute approximate surface area is 113 Å². The molecular weight excluding hydrogens is 250 g/mol. The highest BCUT2D eigenvalue weighted by atomic mass is 16.6. The first-order valence-electron chi connectivity index (χ1n) is 6.40. The van der Waals surface area contributed by atoms with E-state index in [9.17, 15) is 19.8 Å². The molecule has 0 saturated carbocycles. The van der Waals surface area contributed by atoms with Crippen LogP contribution >= 0.6 is 0 Å². The summed E-state index contributed by atoms with van der Waals surface area (Å²) in [6, 6.07) is -1.49. The lowest BCUT2D eigenvalue weighted by molar-refractivity contribution is -0.143. The van der Waals surface area contributed by atoms with Crippen molar-refractivity contribution in [2.45, 2.75) is 70.7 Å². The first kappa shape index (κ1) is 15.8. The van der Waals surface area contributed by atoms with Crippen LogP contribution in [0.2, 0.25) is 0 Å². The molecule has 0 spiro atoms. The lowest BCUT2D eigenvalue weighted by atomic mass is 9.97. The molecule has 0 aromatic heterocycles. The molecule has 110 valence electrons. The maximum atomic E-state index is 12.2. The molecule has 6 heteroatoms. The number of ether oxygens (including phenoxy) is 1. The van der Waals surface area contributed by atoms with Crippen molar-refractivity contribution >= 4 is 12.1 Å². The highest BCUT2D eigenvalue weighted by Crippen LogP contribution is 2.32. The minimum absolute atomic E-state index is 0.323. The van der Waals surface area contributed by atoms with Crippen molar-refractivity contribution in [3.8, 4) is 0 Å². The summed E-state index contributed by atoms with van der Waals surface area (Å²) >= 11 is 0. The van der Waals surface area contributed by atoms with Gasteiger partial charge in [0.2, 0.25) is 0 Å². The average molecular weight is 273 g/mol. The molecule has 1 amide bonds. The molecule has 1 fully saturated rings. The zero-order chi connectivity index (χ0) is 15.0. The second-order valence-corrected chi connectivity index (χ2v) is 6.49. The third-order valence-electron chi connectivity index (χ3n) is 3.09. The van der Waals surface area contributed by atoms with E-state index in [0.717, 1.165) is 4.90 Å². The zero-order valence-corrected chi connectivity index (χ0v) is 12.1. The van der Waals surface area contributed by atoms with E-state index in [4.69, 9.17) is 4.74 Å². The molecule has 0 aromatic rings. The predicted octanol–water partition coefficient (Wildman–Crippen LogP) is 1.61. The molecule has 1 saturated heterocycles. The van der Waals surface area contributed by atoms with Gasteiger partial charge in [-0.15, -0.1) is 0 Å². The Morgan fingerprint density at radius 3 is 2.05 bits per heavy atom. The van der Waals surface area contributed by atoms with E-state index in [1.807, 2.05) is 0 Å². The van der Waals surface area contributed by atoms with Crippen molar-refractivity contribution in [3.05, 3.63) is 0 Å². The number of carboxylic acid groups (broad SMARTS) is 1. The van der Waals surface area contributed by atoms with Crippen LogP contribution in [-0.2, 0) is 9.53 Å². The van der Waals surface area contributed by atoms with Gasteiger partial charge in [0.05, 0.1) is 11.6 Å². The van der Waals surface area contributed by atoms with Crippen LogP contribution in [0.25, 0.3) is 0 Å². The summed E-state index contributed by atoms with van der Waals surface area (Å²) in [5.74, 6) is -1.07. The lowest BCUT2D eigenvalue weighted by Gasteiger charge is -2.36. The van der Waals surface area contributed by atoms with Crippen LogP contribution < -0.4 is 0 Å². The lowest BCUT2D eigenvalue weighted by Crippen LogP contribution is -2.54. The van der Waals surface area contributed by atoms with Gasteiger partial charge in [-0.3, -0.25) is 4.90 Å². The molecule has 1 heterocycles. The van der Waals surface area contributed by atoms with Crippen LogP contribution in [0.5, 0.6) is 0 Å². The Kier molecular flexibility index (Phi) is 4.14. The monoisotopic (exact) mass is 273 g/mol. The van der Waals surface area contributed by atoms with Crippen LogP contribution in [0, 0.1) is 0 Å². The summed E-state index contributed by atoms with van der Waals surface area (Å²) < 4.78 is 5.24. The molecule has 1 aliphatic rings. The largest absolute Gasteiger partial charge is 0.480 e. The molecule has 19 heavy (non-hydrogen) atoms. The molecule has 6 nitrogen and oxygen atoms in total. The van der Waals surface area contributed by atoms with Crippen molar-refractivity contribution in [3.63, 3.8) is 0 Å². The summed E-state index contributed by atoms with van der Waals surface area (Å²) in [4.78, 5) is 24.5. The molecule has 2 N–H and O–H groups in total. The number of likely N-dealkylation sites (tertiary alicyclic amines) is 1. The number of carbonyl (C=O) groups is 2. The van der Waals surface area contributed by atoms with Gasteiger partial charge in [0.1, 0.15) is 11.6 Å². The third-order valence-corrected chi connectivity index (χ3v) is 3.09. The molecule has 1 aliphatic heterocycles. The molecular formula is C13H23NO5. The number of carbonyl (C=O) groups excluding carboxylic acids is 1. The summed E-state index contributed by atoms with van der Waals surface area (Å²) in [6.45, 7) is 8.29. The van der Waals surface area contributed by atoms with E-state index in [0.29, 0.717) is 12.8 Å². The van der Waals surface area contributed by atoms with Gasteiger partial charge in [0.15, 0.2) is 0 Å². The zero-order valence-electron chi connectivity index (χ0n) is 12.1. The van der Waals surface area contributed by atoms with Crippen LogP contribution in [0.3, 0.4) is 0 Å². The van der Waals surface area contributed by atoms with Gasteiger partial charge < -0.3 is 14.9 Å². The Morgan fingerprint density at radius 2 is 1.68 bits per heavy atom. The number of rotatable bonds is 2. The standard InChI is InChI=1S/C13H23NO5/c1-12(2,3)19-11(17)14-8(10(15)16)6-7-9(14)13(4,5)18/h8-9,18H,6-7H2,1-5H3,(H,15,16)/t8-,9+/m0/s1. The minimum Gasteiger partial charge on any atom is -0.480 e. The van der Waals surface area contributed by atoms with Gasteiger partial charge in [0, 0.05) is 0 Å². The van der Waals surface area contributed by atoms with Crippen LogP contribution in [0.1, 0.15) is 47.5 Å². The smallest absolute Gasteiger partial charge is 0.411 e. The summed E-state index contributed by atoms with van der Waals surface area (Å²) in [5, 5.41) is 19.3. The molecule has 0 aliphatic carbocycles. The van der Waals surface area contributed by atoms with Crippen molar-refractivity contribution < 1.29 is 24.5 Å². The third kappa shape index (κ3) is 3.83.